The summed E-state index contributed by atoms with van der Waals surface area (Å²) < 4.78 is 51.8. The predicted molar refractivity (Wildman–Crippen MR) is 117 cm³/mol. The van der Waals surface area contributed by atoms with Crippen LogP contribution in [-0.2, 0) is 32.0 Å². The van der Waals surface area contributed by atoms with E-state index in [9.17, 15) is 23.9 Å². The molecule has 0 spiro atoms. The van der Waals surface area contributed by atoms with Crippen LogP contribution in [0, 0.1) is 0 Å². The molecule has 0 amide bonds. The van der Waals surface area contributed by atoms with Crippen molar-refractivity contribution in [1.29, 1.82) is 0 Å². The molecule has 2 aromatic rings. The van der Waals surface area contributed by atoms with Crippen molar-refractivity contribution in [3.8, 4) is 0 Å². The molecule has 0 bridgehead atoms. The second-order valence-corrected chi connectivity index (χ2v) is 11.9. The van der Waals surface area contributed by atoms with Crippen LogP contribution in [0.2, 0.25) is 0 Å². The topological polar surface area (TPSA) is 213 Å². The monoisotopic (exact) mass is 540 g/mol. The number of H-pyrrole nitrogens is 1. The van der Waals surface area contributed by atoms with Gasteiger partial charge in [-0.05, 0) is 13.8 Å². The van der Waals surface area contributed by atoms with Crippen molar-refractivity contribution < 1.29 is 42.0 Å². The van der Waals surface area contributed by atoms with Crippen LogP contribution >= 0.6 is 27.2 Å². The van der Waals surface area contributed by atoms with Crippen molar-refractivity contribution in [2.75, 3.05) is 37.5 Å². The van der Waals surface area contributed by atoms with E-state index >= 15 is 0 Å². The van der Waals surface area contributed by atoms with Crippen LogP contribution in [0.25, 0.3) is 11.2 Å². The van der Waals surface area contributed by atoms with Gasteiger partial charge in [-0.3, -0.25) is 23.5 Å². The largest absolute Gasteiger partial charge is 0.756 e. The number of nitrogen functional groups attached to an aromatic ring is 1. The lowest BCUT2D eigenvalue weighted by atomic mass is 10.1. The van der Waals surface area contributed by atoms with E-state index in [1.165, 1.54) is 4.57 Å². The van der Waals surface area contributed by atoms with Crippen molar-refractivity contribution in [1.82, 2.24) is 19.5 Å². The molecule has 2 aliphatic heterocycles. The normalized spacial score (nSPS) is 29.5. The minimum Gasteiger partial charge on any atom is -0.756 e. The molecular formula is C16H24N5O10P2S-. The number of phosphoric ester groups is 1. The third-order valence-corrected chi connectivity index (χ3v) is 9.29. The molecule has 190 valence electrons. The van der Waals surface area contributed by atoms with E-state index in [1.54, 1.807) is 13.8 Å². The lowest BCUT2D eigenvalue weighted by Gasteiger charge is -2.34. The van der Waals surface area contributed by atoms with Gasteiger partial charge in [-0.2, -0.15) is 4.98 Å². The second-order valence-electron chi connectivity index (χ2n) is 7.27. The summed E-state index contributed by atoms with van der Waals surface area (Å²) in [6.07, 6.45) is -4.77. The third kappa shape index (κ3) is 5.12. The number of aromatic nitrogens is 4. The fraction of sp³-hybridized carbons (Fsp3) is 0.688. The average molecular weight is 540 g/mol. The molecular weight excluding hydrogens is 516 g/mol. The zero-order valence-corrected chi connectivity index (χ0v) is 20.8. The van der Waals surface area contributed by atoms with Crippen LogP contribution in [-0.4, -0.2) is 74.7 Å². The minimum absolute atomic E-state index is 0.00969. The number of nitrogens with two attached hydrogens (primary N) is 1. The number of anilines is 1. The molecule has 5 atom stereocenters. The van der Waals surface area contributed by atoms with E-state index in [0.29, 0.717) is 0 Å². The number of ether oxygens (including phenoxy) is 1. The van der Waals surface area contributed by atoms with Crippen molar-refractivity contribution in [2.24, 2.45) is 0 Å². The van der Waals surface area contributed by atoms with Gasteiger partial charge in [0.2, 0.25) is 5.95 Å². The first-order valence-corrected chi connectivity index (χ1v) is 14.5. The van der Waals surface area contributed by atoms with Gasteiger partial charge in [0.25, 0.3) is 13.4 Å². The maximum atomic E-state index is 12.8. The number of fused-ring (bicyclic) bond motifs is 2. The molecule has 2 aromatic heterocycles. The number of nitrogens with zero attached hydrogens (tertiary/aromatic N) is 3. The van der Waals surface area contributed by atoms with E-state index in [-0.39, 0.29) is 54.0 Å². The van der Waals surface area contributed by atoms with Gasteiger partial charge in [0.1, 0.15) is 18.3 Å². The number of imidazole rings is 1. The van der Waals surface area contributed by atoms with Gasteiger partial charge in [0.15, 0.2) is 22.5 Å². The van der Waals surface area contributed by atoms with Gasteiger partial charge < -0.3 is 38.6 Å². The molecule has 0 saturated carbocycles. The average Bonchev–Trinajstić information content (AvgIpc) is 3.25. The molecule has 4 N–H and O–H groups in total. The standard InChI is InChI=1S/C16H25N5O10P2S/c1-3-27-32(24,28-4-2)5-6-34-16-18-9-12(19-15(17)20-13(9)23)21(16)14-10(22)11-8(30-14)7-29-33(25,26)31-11/h8,10-11,14,22H,3-7H2,1-2H3,(H,25,26)(H3,17,19,20,23)/p-1/t8?,10?,11-,14-/m1/s1. The Morgan fingerprint density at radius 1 is 1.38 bits per heavy atom. The summed E-state index contributed by atoms with van der Waals surface area (Å²) in [7, 11) is -7.93. The Balaban J connectivity index is 1.67. The Labute approximate surface area is 197 Å². The molecule has 4 rings (SSSR count). The van der Waals surface area contributed by atoms with Crippen LogP contribution in [0.1, 0.15) is 20.1 Å². The first-order valence-electron chi connectivity index (χ1n) is 10.3. The minimum atomic E-state index is -4.59. The van der Waals surface area contributed by atoms with Crippen LogP contribution in [0.15, 0.2) is 9.95 Å². The Bertz CT molecular complexity index is 1200. The lowest BCUT2D eigenvalue weighted by Crippen LogP contribution is -2.41. The Morgan fingerprint density at radius 3 is 2.76 bits per heavy atom. The van der Waals surface area contributed by atoms with Gasteiger partial charge in [0, 0.05) is 5.75 Å². The summed E-state index contributed by atoms with van der Waals surface area (Å²) >= 11 is 1.09. The molecule has 18 heteroatoms. The highest BCUT2D eigenvalue weighted by Crippen LogP contribution is 2.51. The second kappa shape index (κ2) is 9.97. The summed E-state index contributed by atoms with van der Waals surface area (Å²) in [6.45, 7) is 3.46. The molecule has 2 saturated heterocycles. The zero-order chi connectivity index (χ0) is 24.7. The number of aromatic amines is 1. The third-order valence-electron chi connectivity index (χ3n) is 5.00. The molecule has 4 heterocycles. The van der Waals surface area contributed by atoms with Gasteiger partial charge in [-0.25, -0.2) is 4.98 Å². The van der Waals surface area contributed by atoms with Crippen molar-refractivity contribution in [2.45, 2.75) is 43.5 Å². The van der Waals surface area contributed by atoms with E-state index in [2.05, 4.69) is 19.5 Å². The van der Waals surface area contributed by atoms with Gasteiger partial charge in [-0.15, -0.1) is 0 Å². The van der Waals surface area contributed by atoms with E-state index in [1.807, 2.05) is 0 Å². The summed E-state index contributed by atoms with van der Waals surface area (Å²) in [6, 6.07) is 0. The molecule has 2 fully saturated rings. The van der Waals surface area contributed by atoms with Crippen molar-refractivity contribution in [3.05, 3.63) is 10.4 Å². The maximum absolute atomic E-state index is 12.8. The Hall–Kier alpha value is -1.32. The highest BCUT2D eigenvalue weighted by molar-refractivity contribution is 7.99. The van der Waals surface area contributed by atoms with Crippen molar-refractivity contribution in [3.63, 3.8) is 0 Å². The number of aliphatic hydroxyl groups excluding tert-OH is 1. The molecule has 15 nitrogen and oxygen atoms in total. The zero-order valence-electron chi connectivity index (χ0n) is 18.2. The maximum Gasteiger partial charge on any atom is 0.331 e. The quantitative estimate of drug-likeness (QED) is 0.286. The Morgan fingerprint density at radius 2 is 2.09 bits per heavy atom. The van der Waals surface area contributed by atoms with E-state index in [4.69, 9.17) is 24.0 Å². The lowest BCUT2D eigenvalue weighted by molar-refractivity contribution is -0.245. The number of thioether (sulfide) groups is 1. The molecule has 0 aliphatic carbocycles. The summed E-state index contributed by atoms with van der Waals surface area (Å²) in [5.41, 5.74) is 5.02. The number of phosphoric acid groups is 1. The number of aliphatic hydroxyl groups is 1. The highest BCUT2D eigenvalue weighted by Gasteiger charge is 2.51. The van der Waals surface area contributed by atoms with Crippen LogP contribution in [0.4, 0.5) is 5.95 Å². The van der Waals surface area contributed by atoms with E-state index in [0.717, 1.165) is 11.8 Å². The molecule has 0 radical (unpaired) electrons. The Kier molecular flexibility index (Phi) is 7.56. The SMILES string of the molecule is CCOP(=O)(CCSc1nc2c(=O)[nH]c(N)nc2n1[C@@H]1OC2COP(=O)([O-])O[C@H]2C1O)OCC. The van der Waals surface area contributed by atoms with Gasteiger partial charge >= 0.3 is 7.60 Å². The molecule has 0 aromatic carbocycles. The van der Waals surface area contributed by atoms with Crippen molar-refractivity contribution >= 4 is 44.3 Å². The fourth-order valence-corrected chi connectivity index (χ4v) is 7.66. The van der Waals surface area contributed by atoms with Gasteiger partial charge in [0.05, 0.1) is 26.0 Å². The molecule has 34 heavy (non-hydrogen) atoms. The molecule has 2 aliphatic rings. The number of rotatable bonds is 9. The van der Waals surface area contributed by atoms with Gasteiger partial charge in [-0.1, -0.05) is 11.8 Å². The smallest absolute Gasteiger partial charge is 0.331 e. The van der Waals surface area contributed by atoms with Crippen LogP contribution in [0.3, 0.4) is 0 Å². The number of nitrogens with one attached hydrogen (secondary N) is 1. The predicted octanol–water partition coefficient (Wildman–Crippen LogP) is 0.202. The first-order chi connectivity index (χ1) is 16.1. The number of hydrogen-bond acceptors (Lipinski definition) is 14. The summed E-state index contributed by atoms with van der Waals surface area (Å²) in [5, 5.41) is 11.0. The summed E-state index contributed by atoms with van der Waals surface area (Å²) in [5.74, 6) is 0.0138. The van der Waals surface area contributed by atoms with Crippen LogP contribution < -0.4 is 16.2 Å². The highest BCUT2D eigenvalue weighted by atomic mass is 32.2. The first kappa shape index (κ1) is 25.8. The van der Waals surface area contributed by atoms with Crippen LogP contribution in [0.5, 0.6) is 0 Å². The summed E-state index contributed by atoms with van der Waals surface area (Å²) in [4.78, 5) is 34.9. The number of hydrogen-bond donors (Lipinski definition) is 3. The van der Waals surface area contributed by atoms with E-state index < -0.39 is 45.5 Å². The molecule has 3 unspecified atom stereocenters. The fourth-order valence-electron chi connectivity index (χ4n) is 3.66.